The standard InChI is InChI=1S/C24H34N2O3Si/c1-24(2,3)30(4,5)29-17-16-20(22(25)27)26-23(28)21(18-12-8-6-9-13-18)19-14-10-7-11-15-19/h6-15,20-21H,16-17H2,1-5H3,(H2,25,27)(H,26,28)/t20-/m0/s1. The monoisotopic (exact) mass is 426 g/mol. The van der Waals surface area contributed by atoms with E-state index in [-0.39, 0.29) is 10.9 Å². The highest BCUT2D eigenvalue weighted by Crippen LogP contribution is 2.36. The zero-order valence-electron chi connectivity index (χ0n) is 18.6. The molecule has 162 valence electrons. The van der Waals surface area contributed by atoms with Crippen molar-refractivity contribution in [2.45, 2.75) is 57.3 Å². The number of benzene rings is 2. The molecular formula is C24H34N2O3Si. The normalized spacial score (nSPS) is 13.1. The van der Waals surface area contributed by atoms with Crippen molar-refractivity contribution in [1.29, 1.82) is 0 Å². The number of carbonyl (C=O) groups is 2. The molecule has 0 heterocycles. The molecule has 0 fully saturated rings. The summed E-state index contributed by atoms with van der Waals surface area (Å²) in [6, 6.07) is 18.3. The molecule has 30 heavy (non-hydrogen) atoms. The second-order valence-electron chi connectivity index (χ2n) is 9.12. The van der Waals surface area contributed by atoms with Gasteiger partial charge in [-0.1, -0.05) is 81.4 Å². The average molecular weight is 427 g/mol. The lowest BCUT2D eigenvalue weighted by atomic mass is 9.90. The van der Waals surface area contributed by atoms with Crippen LogP contribution in [0.1, 0.15) is 44.2 Å². The molecule has 3 N–H and O–H groups in total. The second kappa shape index (κ2) is 10.0. The van der Waals surface area contributed by atoms with Crippen molar-refractivity contribution < 1.29 is 14.0 Å². The van der Waals surface area contributed by atoms with Gasteiger partial charge in [0, 0.05) is 6.61 Å². The summed E-state index contributed by atoms with van der Waals surface area (Å²) in [4.78, 5) is 25.3. The summed E-state index contributed by atoms with van der Waals surface area (Å²) in [5, 5.41) is 2.93. The van der Waals surface area contributed by atoms with Gasteiger partial charge >= 0.3 is 0 Å². The Morgan fingerprint density at radius 3 is 1.83 bits per heavy atom. The smallest absolute Gasteiger partial charge is 0.240 e. The highest BCUT2D eigenvalue weighted by molar-refractivity contribution is 6.74. The molecule has 6 heteroatoms. The Kier molecular flexibility index (Phi) is 7.98. The molecule has 0 saturated heterocycles. The third-order valence-electron chi connectivity index (χ3n) is 5.86. The van der Waals surface area contributed by atoms with E-state index in [2.05, 4.69) is 39.2 Å². The van der Waals surface area contributed by atoms with Crippen molar-refractivity contribution in [2.75, 3.05) is 6.61 Å². The molecular weight excluding hydrogens is 392 g/mol. The molecule has 0 bridgehead atoms. The van der Waals surface area contributed by atoms with Crippen LogP contribution in [0.4, 0.5) is 0 Å². The van der Waals surface area contributed by atoms with Gasteiger partial charge in [0.1, 0.15) is 6.04 Å². The molecule has 1 atom stereocenters. The third kappa shape index (κ3) is 6.28. The van der Waals surface area contributed by atoms with E-state index in [0.29, 0.717) is 13.0 Å². The van der Waals surface area contributed by atoms with E-state index in [4.69, 9.17) is 10.2 Å². The Balaban J connectivity index is 2.14. The lowest BCUT2D eigenvalue weighted by molar-refractivity contribution is -0.128. The number of hydrogen-bond donors (Lipinski definition) is 2. The van der Waals surface area contributed by atoms with Crippen LogP contribution in [0, 0.1) is 0 Å². The summed E-state index contributed by atoms with van der Waals surface area (Å²) in [7, 11) is -1.94. The molecule has 2 amide bonds. The maximum absolute atomic E-state index is 13.2. The first-order valence-corrected chi connectivity index (χ1v) is 13.3. The second-order valence-corrected chi connectivity index (χ2v) is 13.9. The minimum absolute atomic E-state index is 0.0736. The van der Waals surface area contributed by atoms with Gasteiger partial charge in [-0.2, -0.15) is 0 Å². The zero-order valence-corrected chi connectivity index (χ0v) is 19.6. The fourth-order valence-electron chi connectivity index (χ4n) is 2.98. The van der Waals surface area contributed by atoms with Crippen LogP contribution < -0.4 is 11.1 Å². The number of nitrogens with two attached hydrogens (primary N) is 1. The molecule has 2 aromatic carbocycles. The molecule has 0 unspecified atom stereocenters. The first-order valence-electron chi connectivity index (χ1n) is 10.4. The number of primary amides is 1. The lowest BCUT2D eigenvalue weighted by Crippen LogP contribution is -2.48. The minimum atomic E-state index is -1.94. The molecule has 0 aliphatic rings. The topological polar surface area (TPSA) is 81.4 Å². The maximum Gasteiger partial charge on any atom is 0.240 e. The minimum Gasteiger partial charge on any atom is -0.417 e. The highest BCUT2D eigenvalue weighted by Gasteiger charge is 2.37. The van der Waals surface area contributed by atoms with Crippen LogP contribution in [0.2, 0.25) is 18.1 Å². The number of nitrogens with one attached hydrogen (secondary N) is 1. The molecule has 5 nitrogen and oxygen atoms in total. The van der Waals surface area contributed by atoms with E-state index in [0.717, 1.165) is 11.1 Å². The number of amides is 2. The molecule has 0 aliphatic heterocycles. The third-order valence-corrected chi connectivity index (χ3v) is 10.4. The van der Waals surface area contributed by atoms with Crippen LogP contribution in [0.15, 0.2) is 60.7 Å². The summed E-state index contributed by atoms with van der Waals surface area (Å²) in [6.45, 7) is 11.2. The Labute approximate surface area is 181 Å². The number of carbonyl (C=O) groups excluding carboxylic acids is 2. The van der Waals surface area contributed by atoms with Gasteiger partial charge in [-0.05, 0) is 35.7 Å². The predicted octanol–water partition coefficient (Wildman–Crippen LogP) is 4.20. The summed E-state index contributed by atoms with van der Waals surface area (Å²) in [5.74, 6) is -1.32. The molecule has 2 aromatic rings. The van der Waals surface area contributed by atoms with E-state index in [1.807, 2.05) is 60.7 Å². The SMILES string of the molecule is CC(C)(C)[Si](C)(C)OCC[C@H](NC(=O)C(c1ccccc1)c1ccccc1)C(N)=O. The van der Waals surface area contributed by atoms with Crippen LogP contribution >= 0.6 is 0 Å². The quantitative estimate of drug-likeness (QED) is 0.590. The summed E-state index contributed by atoms with van der Waals surface area (Å²) in [6.07, 6.45) is 0.351. The Hall–Kier alpha value is -2.44. The molecule has 0 saturated carbocycles. The number of rotatable bonds is 9. The highest BCUT2D eigenvalue weighted by atomic mass is 28.4. The van der Waals surface area contributed by atoms with Crippen LogP contribution in [0.25, 0.3) is 0 Å². The first kappa shape index (κ1) is 23.8. The van der Waals surface area contributed by atoms with Crippen molar-refractivity contribution in [1.82, 2.24) is 5.32 Å². The van der Waals surface area contributed by atoms with Crippen molar-refractivity contribution in [3.8, 4) is 0 Å². The largest absolute Gasteiger partial charge is 0.417 e. The van der Waals surface area contributed by atoms with E-state index in [1.54, 1.807) is 0 Å². The van der Waals surface area contributed by atoms with Gasteiger partial charge in [0.15, 0.2) is 8.32 Å². The van der Waals surface area contributed by atoms with Crippen LogP contribution in [-0.4, -0.2) is 32.8 Å². The molecule has 0 aromatic heterocycles. The molecule has 0 aliphatic carbocycles. The van der Waals surface area contributed by atoms with Crippen LogP contribution in [-0.2, 0) is 14.0 Å². The maximum atomic E-state index is 13.2. The summed E-state index contributed by atoms with van der Waals surface area (Å²) >= 11 is 0. The fourth-order valence-corrected chi connectivity index (χ4v) is 4.04. The molecule has 2 rings (SSSR count). The van der Waals surface area contributed by atoms with Crippen LogP contribution in [0.3, 0.4) is 0 Å². The lowest BCUT2D eigenvalue weighted by Gasteiger charge is -2.36. The molecule has 0 radical (unpaired) electrons. The van der Waals surface area contributed by atoms with Gasteiger partial charge in [0.2, 0.25) is 11.8 Å². The van der Waals surface area contributed by atoms with E-state index in [9.17, 15) is 9.59 Å². The number of hydrogen-bond acceptors (Lipinski definition) is 3. The zero-order chi connectivity index (χ0) is 22.4. The Morgan fingerprint density at radius 1 is 0.967 bits per heavy atom. The van der Waals surface area contributed by atoms with Crippen molar-refractivity contribution in [3.63, 3.8) is 0 Å². The van der Waals surface area contributed by atoms with E-state index < -0.39 is 26.2 Å². The Morgan fingerprint density at radius 2 is 1.43 bits per heavy atom. The van der Waals surface area contributed by atoms with Gasteiger partial charge in [0.25, 0.3) is 0 Å². The van der Waals surface area contributed by atoms with Gasteiger partial charge in [-0.3, -0.25) is 9.59 Å². The summed E-state index contributed by atoms with van der Waals surface area (Å²) < 4.78 is 6.17. The summed E-state index contributed by atoms with van der Waals surface area (Å²) in [5.41, 5.74) is 7.33. The predicted molar refractivity (Wildman–Crippen MR) is 124 cm³/mol. The van der Waals surface area contributed by atoms with E-state index in [1.165, 1.54) is 0 Å². The van der Waals surface area contributed by atoms with Crippen molar-refractivity contribution >= 4 is 20.1 Å². The Bertz CT molecular complexity index is 793. The fraction of sp³-hybridized carbons (Fsp3) is 0.417. The first-order chi connectivity index (χ1) is 14.0. The molecule has 0 spiro atoms. The average Bonchev–Trinajstić information content (AvgIpc) is 2.68. The van der Waals surface area contributed by atoms with Crippen molar-refractivity contribution in [3.05, 3.63) is 71.8 Å². The van der Waals surface area contributed by atoms with Crippen LogP contribution in [0.5, 0.6) is 0 Å². The van der Waals surface area contributed by atoms with Gasteiger partial charge in [0.05, 0.1) is 5.92 Å². The van der Waals surface area contributed by atoms with Crippen molar-refractivity contribution in [2.24, 2.45) is 5.73 Å². The van der Waals surface area contributed by atoms with Gasteiger partial charge < -0.3 is 15.5 Å². The van der Waals surface area contributed by atoms with Gasteiger partial charge in [-0.15, -0.1) is 0 Å². The van der Waals surface area contributed by atoms with Gasteiger partial charge in [-0.25, -0.2) is 0 Å². The van der Waals surface area contributed by atoms with E-state index >= 15 is 0 Å².